The third-order valence-corrected chi connectivity index (χ3v) is 2.84. The van der Waals surface area contributed by atoms with Gasteiger partial charge in [0.25, 0.3) is 0 Å². The van der Waals surface area contributed by atoms with Crippen molar-refractivity contribution in [1.82, 2.24) is 20.3 Å². The molecule has 1 heterocycles. The number of para-hydroxylation sites is 1. The van der Waals surface area contributed by atoms with Crippen LogP contribution in [0.3, 0.4) is 0 Å². The number of hydrogen-bond acceptors (Lipinski definition) is 4. The first-order valence-corrected chi connectivity index (χ1v) is 6.36. The van der Waals surface area contributed by atoms with Gasteiger partial charge in [0.1, 0.15) is 5.75 Å². The highest BCUT2D eigenvalue weighted by Gasteiger charge is 2.14. The standard InChI is InChI=1S/C14H20N4O/c1-14(2,3)18-10-12(16-17-18)9-15-8-11-6-4-5-7-13(11)19/h4-7,10,15,19H,8-9H2,1-3H3. The van der Waals surface area contributed by atoms with Crippen LogP contribution >= 0.6 is 0 Å². The maximum atomic E-state index is 9.65. The van der Waals surface area contributed by atoms with Crippen LogP contribution in [0.2, 0.25) is 0 Å². The summed E-state index contributed by atoms with van der Waals surface area (Å²) in [4.78, 5) is 0. The Bertz CT molecular complexity index is 542. The first kappa shape index (κ1) is 13.5. The molecule has 2 N–H and O–H groups in total. The van der Waals surface area contributed by atoms with E-state index in [1.165, 1.54) is 0 Å². The van der Waals surface area contributed by atoms with E-state index in [-0.39, 0.29) is 5.54 Å². The normalized spacial score (nSPS) is 11.7. The molecule has 1 aromatic carbocycles. The number of benzene rings is 1. The Morgan fingerprint density at radius 2 is 1.95 bits per heavy atom. The minimum Gasteiger partial charge on any atom is -0.508 e. The molecule has 0 radical (unpaired) electrons. The third kappa shape index (κ3) is 3.54. The van der Waals surface area contributed by atoms with Crippen LogP contribution in [0.4, 0.5) is 0 Å². The smallest absolute Gasteiger partial charge is 0.120 e. The fourth-order valence-electron chi connectivity index (χ4n) is 1.69. The van der Waals surface area contributed by atoms with Crippen molar-refractivity contribution < 1.29 is 5.11 Å². The summed E-state index contributed by atoms with van der Waals surface area (Å²) < 4.78 is 1.85. The number of rotatable bonds is 4. The van der Waals surface area contributed by atoms with E-state index in [9.17, 15) is 5.11 Å². The predicted molar refractivity (Wildman–Crippen MR) is 73.7 cm³/mol. The van der Waals surface area contributed by atoms with Crippen LogP contribution in [0, 0.1) is 0 Å². The van der Waals surface area contributed by atoms with Gasteiger partial charge in [-0.2, -0.15) is 0 Å². The lowest BCUT2D eigenvalue weighted by Gasteiger charge is -2.17. The number of phenols is 1. The highest BCUT2D eigenvalue weighted by molar-refractivity contribution is 5.31. The highest BCUT2D eigenvalue weighted by Crippen LogP contribution is 2.15. The maximum absolute atomic E-state index is 9.65. The average Bonchev–Trinajstić information content (AvgIpc) is 2.80. The van der Waals surface area contributed by atoms with Gasteiger partial charge in [-0.25, -0.2) is 4.68 Å². The Morgan fingerprint density at radius 3 is 2.58 bits per heavy atom. The van der Waals surface area contributed by atoms with Crippen LogP contribution in [0.15, 0.2) is 30.5 Å². The average molecular weight is 260 g/mol. The van der Waals surface area contributed by atoms with Gasteiger partial charge in [-0.05, 0) is 26.8 Å². The molecular weight excluding hydrogens is 240 g/mol. The van der Waals surface area contributed by atoms with Crippen molar-refractivity contribution in [3.8, 4) is 5.75 Å². The predicted octanol–water partition coefficient (Wildman–Crippen LogP) is 2.03. The molecule has 0 saturated heterocycles. The Balaban J connectivity index is 1.90. The Kier molecular flexibility index (Phi) is 3.85. The molecule has 102 valence electrons. The largest absolute Gasteiger partial charge is 0.508 e. The van der Waals surface area contributed by atoms with E-state index in [1.807, 2.05) is 29.1 Å². The van der Waals surface area contributed by atoms with Crippen molar-refractivity contribution in [1.29, 1.82) is 0 Å². The molecule has 0 aliphatic heterocycles. The van der Waals surface area contributed by atoms with E-state index < -0.39 is 0 Å². The van der Waals surface area contributed by atoms with Crippen molar-refractivity contribution in [2.75, 3.05) is 0 Å². The minimum absolute atomic E-state index is 0.0526. The second-order valence-electron chi connectivity index (χ2n) is 5.56. The molecule has 0 saturated carbocycles. The van der Waals surface area contributed by atoms with Gasteiger partial charge in [-0.1, -0.05) is 23.4 Å². The maximum Gasteiger partial charge on any atom is 0.120 e. The molecule has 0 spiro atoms. The molecule has 0 aliphatic rings. The lowest BCUT2D eigenvalue weighted by molar-refractivity contribution is 0.347. The third-order valence-electron chi connectivity index (χ3n) is 2.84. The molecular formula is C14H20N4O. The van der Waals surface area contributed by atoms with Crippen molar-refractivity contribution in [3.05, 3.63) is 41.7 Å². The number of aromatic nitrogens is 3. The number of hydrogen-bond donors (Lipinski definition) is 2. The quantitative estimate of drug-likeness (QED) is 0.883. The number of phenolic OH excluding ortho intramolecular Hbond substituents is 1. The Hall–Kier alpha value is -1.88. The summed E-state index contributed by atoms with van der Waals surface area (Å²) in [6, 6.07) is 7.31. The Labute approximate surface area is 113 Å². The summed E-state index contributed by atoms with van der Waals surface area (Å²) in [7, 11) is 0. The van der Waals surface area contributed by atoms with Crippen LogP contribution in [-0.4, -0.2) is 20.1 Å². The van der Waals surface area contributed by atoms with Crippen LogP contribution in [0.1, 0.15) is 32.0 Å². The summed E-state index contributed by atoms with van der Waals surface area (Å²) in [5.41, 5.74) is 1.72. The summed E-state index contributed by atoms with van der Waals surface area (Å²) in [6.07, 6.45) is 1.94. The van der Waals surface area contributed by atoms with Gasteiger partial charge >= 0.3 is 0 Å². The molecule has 0 unspecified atom stereocenters. The van der Waals surface area contributed by atoms with Crippen LogP contribution in [0.25, 0.3) is 0 Å². The van der Waals surface area contributed by atoms with Gasteiger partial charge in [-0.15, -0.1) is 5.10 Å². The van der Waals surface area contributed by atoms with Crippen LogP contribution in [-0.2, 0) is 18.6 Å². The molecule has 0 amide bonds. The topological polar surface area (TPSA) is 63.0 Å². The summed E-state index contributed by atoms with van der Waals surface area (Å²) in [5.74, 6) is 0.313. The summed E-state index contributed by atoms with van der Waals surface area (Å²) in [5, 5.41) is 21.1. The van der Waals surface area contributed by atoms with E-state index >= 15 is 0 Å². The van der Waals surface area contributed by atoms with E-state index in [4.69, 9.17) is 0 Å². The lowest BCUT2D eigenvalue weighted by atomic mass is 10.1. The molecule has 1 aromatic heterocycles. The molecule has 0 bridgehead atoms. The zero-order valence-electron chi connectivity index (χ0n) is 11.6. The summed E-state index contributed by atoms with van der Waals surface area (Å²) in [6.45, 7) is 7.49. The Morgan fingerprint density at radius 1 is 1.21 bits per heavy atom. The second-order valence-corrected chi connectivity index (χ2v) is 5.56. The molecule has 0 fully saturated rings. The van der Waals surface area contributed by atoms with Gasteiger partial charge in [0.15, 0.2) is 0 Å². The number of aromatic hydroxyl groups is 1. The van der Waals surface area contributed by atoms with E-state index in [0.717, 1.165) is 11.3 Å². The van der Waals surface area contributed by atoms with E-state index in [2.05, 4.69) is 36.4 Å². The molecule has 2 rings (SSSR count). The minimum atomic E-state index is -0.0526. The van der Waals surface area contributed by atoms with Gasteiger partial charge in [0.05, 0.1) is 17.4 Å². The van der Waals surface area contributed by atoms with Crippen LogP contribution < -0.4 is 5.32 Å². The van der Waals surface area contributed by atoms with Crippen molar-refractivity contribution in [2.24, 2.45) is 0 Å². The first-order valence-electron chi connectivity index (χ1n) is 6.36. The van der Waals surface area contributed by atoms with Crippen molar-refractivity contribution >= 4 is 0 Å². The molecule has 2 aromatic rings. The SMILES string of the molecule is CC(C)(C)n1cc(CNCc2ccccc2O)nn1. The van der Waals surface area contributed by atoms with Crippen LogP contribution in [0.5, 0.6) is 5.75 Å². The molecule has 5 nitrogen and oxygen atoms in total. The molecule has 0 atom stereocenters. The number of nitrogens with zero attached hydrogens (tertiary/aromatic N) is 3. The van der Waals surface area contributed by atoms with Gasteiger partial charge in [0, 0.05) is 18.7 Å². The van der Waals surface area contributed by atoms with E-state index in [0.29, 0.717) is 18.8 Å². The fourth-order valence-corrected chi connectivity index (χ4v) is 1.69. The first-order chi connectivity index (χ1) is 8.97. The second kappa shape index (κ2) is 5.40. The zero-order chi connectivity index (χ0) is 13.9. The highest BCUT2D eigenvalue weighted by atomic mass is 16.3. The van der Waals surface area contributed by atoms with Gasteiger partial charge in [0.2, 0.25) is 0 Å². The zero-order valence-corrected chi connectivity index (χ0v) is 11.6. The van der Waals surface area contributed by atoms with Crippen molar-refractivity contribution in [2.45, 2.75) is 39.4 Å². The summed E-state index contributed by atoms with van der Waals surface area (Å²) >= 11 is 0. The number of nitrogens with one attached hydrogen (secondary N) is 1. The molecule has 19 heavy (non-hydrogen) atoms. The fraction of sp³-hybridized carbons (Fsp3) is 0.429. The van der Waals surface area contributed by atoms with Crippen molar-refractivity contribution in [3.63, 3.8) is 0 Å². The lowest BCUT2D eigenvalue weighted by Crippen LogP contribution is -2.22. The molecule has 5 heteroatoms. The van der Waals surface area contributed by atoms with Gasteiger partial charge < -0.3 is 10.4 Å². The van der Waals surface area contributed by atoms with E-state index in [1.54, 1.807) is 6.07 Å². The monoisotopic (exact) mass is 260 g/mol. The van der Waals surface area contributed by atoms with Gasteiger partial charge in [-0.3, -0.25) is 0 Å². The molecule has 0 aliphatic carbocycles.